The fourth-order valence-electron chi connectivity index (χ4n) is 1.51. The van der Waals surface area contributed by atoms with Gasteiger partial charge in [0.2, 0.25) is 5.91 Å². The maximum Gasteiger partial charge on any atom is 0.421 e. The Morgan fingerprint density at radius 2 is 2.15 bits per heavy atom. The molecular weight excluding hydrogens is 277 g/mol. The predicted octanol–water partition coefficient (Wildman–Crippen LogP) is 0.754. The molecule has 1 heterocycles. The third kappa shape index (κ3) is 4.69. The largest absolute Gasteiger partial charge is 0.421 e. The van der Waals surface area contributed by atoms with Crippen LogP contribution in [0.15, 0.2) is 23.1 Å². The van der Waals surface area contributed by atoms with Gasteiger partial charge in [0, 0.05) is 12.7 Å². The number of hydrogen-bond acceptors (Lipinski definition) is 3. The first-order valence-corrected chi connectivity index (χ1v) is 5.93. The van der Waals surface area contributed by atoms with Crippen molar-refractivity contribution in [2.24, 2.45) is 0 Å². The van der Waals surface area contributed by atoms with E-state index in [9.17, 15) is 22.8 Å². The van der Waals surface area contributed by atoms with E-state index in [1.165, 1.54) is 0 Å². The van der Waals surface area contributed by atoms with Crippen LogP contribution in [0.1, 0.15) is 18.9 Å². The quantitative estimate of drug-likeness (QED) is 0.841. The molecule has 8 heteroatoms. The number of aliphatic hydroxyl groups excluding tert-OH is 1. The van der Waals surface area contributed by atoms with Crippen molar-refractivity contribution in [2.45, 2.75) is 32.2 Å². The summed E-state index contributed by atoms with van der Waals surface area (Å²) in [5.41, 5.74) is -2.57. The molecule has 5 nitrogen and oxygen atoms in total. The molecule has 1 atom stereocenters. The Hall–Kier alpha value is -1.83. The third-order valence-electron chi connectivity index (χ3n) is 2.52. The summed E-state index contributed by atoms with van der Waals surface area (Å²) in [5, 5.41) is 11.4. The molecule has 0 aliphatic carbocycles. The second-order valence-corrected chi connectivity index (χ2v) is 4.34. The van der Waals surface area contributed by atoms with Crippen molar-refractivity contribution in [3.8, 4) is 0 Å². The average molecular weight is 292 g/mol. The predicted molar refractivity (Wildman–Crippen MR) is 65.0 cm³/mol. The van der Waals surface area contributed by atoms with E-state index >= 15 is 0 Å². The van der Waals surface area contributed by atoms with Gasteiger partial charge >= 0.3 is 6.18 Å². The zero-order valence-electron chi connectivity index (χ0n) is 10.8. The van der Waals surface area contributed by atoms with Crippen LogP contribution in [0, 0.1) is 0 Å². The van der Waals surface area contributed by atoms with E-state index in [1.807, 2.05) is 0 Å². The number of pyridine rings is 1. The molecule has 0 radical (unpaired) electrons. The van der Waals surface area contributed by atoms with Gasteiger partial charge in [-0.25, -0.2) is 0 Å². The molecule has 0 aliphatic rings. The van der Waals surface area contributed by atoms with Crippen LogP contribution in [-0.2, 0) is 17.5 Å². The van der Waals surface area contributed by atoms with E-state index in [4.69, 9.17) is 5.11 Å². The monoisotopic (exact) mass is 292 g/mol. The summed E-state index contributed by atoms with van der Waals surface area (Å²) in [6.45, 7) is 1.23. The topological polar surface area (TPSA) is 71.3 Å². The van der Waals surface area contributed by atoms with Crippen molar-refractivity contribution in [1.29, 1.82) is 0 Å². The fourth-order valence-corrected chi connectivity index (χ4v) is 1.51. The van der Waals surface area contributed by atoms with Crippen molar-refractivity contribution < 1.29 is 23.1 Å². The van der Waals surface area contributed by atoms with E-state index in [1.54, 1.807) is 6.92 Å². The van der Waals surface area contributed by atoms with E-state index in [0.29, 0.717) is 17.1 Å². The van der Waals surface area contributed by atoms with Gasteiger partial charge in [-0.05, 0) is 25.5 Å². The number of carbonyl (C=O) groups excluding carboxylic acids is 1. The number of alkyl halides is 3. The van der Waals surface area contributed by atoms with Gasteiger partial charge in [0.05, 0.1) is 6.10 Å². The molecule has 1 aromatic rings. The Balaban J connectivity index is 2.74. The number of halogens is 3. The summed E-state index contributed by atoms with van der Waals surface area (Å²) in [5.74, 6) is -0.591. The highest BCUT2D eigenvalue weighted by molar-refractivity contribution is 5.75. The maximum atomic E-state index is 12.5. The Labute approximate surface area is 113 Å². The van der Waals surface area contributed by atoms with Crippen LogP contribution >= 0.6 is 0 Å². The lowest BCUT2D eigenvalue weighted by Gasteiger charge is -2.11. The first-order chi connectivity index (χ1) is 9.21. The number of amides is 1. The zero-order valence-corrected chi connectivity index (χ0v) is 10.8. The van der Waals surface area contributed by atoms with E-state index in [2.05, 4.69) is 5.32 Å². The summed E-state index contributed by atoms with van der Waals surface area (Å²) in [4.78, 5) is 23.0. The van der Waals surface area contributed by atoms with E-state index < -0.39 is 35.9 Å². The smallest absolute Gasteiger partial charge is 0.393 e. The van der Waals surface area contributed by atoms with Crippen molar-refractivity contribution in [2.75, 3.05) is 6.54 Å². The Morgan fingerprint density at radius 3 is 2.70 bits per heavy atom. The first kappa shape index (κ1) is 16.2. The Morgan fingerprint density at radius 1 is 1.50 bits per heavy atom. The molecule has 0 aromatic carbocycles. The number of nitrogens with zero attached hydrogens (tertiary/aromatic N) is 1. The standard InChI is InChI=1S/C12H15F3N2O3/c1-8(18)4-5-16-10(19)7-17-6-2-3-9(11(17)20)12(13,14)15/h2-3,6,8,18H,4-5,7H2,1H3,(H,16,19). The van der Waals surface area contributed by atoms with Crippen LogP contribution in [0.3, 0.4) is 0 Å². The molecule has 20 heavy (non-hydrogen) atoms. The SMILES string of the molecule is CC(O)CCNC(=O)Cn1cccc(C(F)(F)F)c1=O. The molecule has 1 rings (SSSR count). The van der Waals surface area contributed by atoms with Gasteiger partial charge in [-0.3, -0.25) is 9.59 Å². The number of aromatic nitrogens is 1. The summed E-state index contributed by atoms with van der Waals surface area (Å²) in [7, 11) is 0. The van der Waals surface area contributed by atoms with Gasteiger partial charge in [0.1, 0.15) is 12.1 Å². The average Bonchev–Trinajstić information content (AvgIpc) is 2.29. The van der Waals surface area contributed by atoms with Gasteiger partial charge in [0.15, 0.2) is 0 Å². The normalized spacial score (nSPS) is 13.1. The Bertz CT molecular complexity index is 523. The molecule has 1 unspecified atom stereocenters. The molecule has 0 fully saturated rings. The highest BCUT2D eigenvalue weighted by atomic mass is 19.4. The molecule has 0 bridgehead atoms. The van der Waals surface area contributed by atoms with Crippen LogP contribution in [0.25, 0.3) is 0 Å². The van der Waals surface area contributed by atoms with E-state index in [-0.39, 0.29) is 6.54 Å². The summed E-state index contributed by atoms with van der Waals surface area (Å²) in [6, 6.07) is 1.73. The highest BCUT2D eigenvalue weighted by Gasteiger charge is 2.34. The summed E-state index contributed by atoms with van der Waals surface area (Å²) < 4.78 is 38.2. The second kappa shape index (κ2) is 6.56. The van der Waals surface area contributed by atoms with Crippen molar-refractivity contribution in [3.05, 3.63) is 34.2 Å². The van der Waals surface area contributed by atoms with Gasteiger partial charge in [-0.1, -0.05) is 0 Å². The molecule has 0 spiro atoms. The maximum absolute atomic E-state index is 12.5. The number of hydrogen-bond donors (Lipinski definition) is 2. The molecule has 112 valence electrons. The van der Waals surface area contributed by atoms with Crippen LogP contribution in [0.5, 0.6) is 0 Å². The van der Waals surface area contributed by atoms with Crippen molar-refractivity contribution in [1.82, 2.24) is 9.88 Å². The van der Waals surface area contributed by atoms with Crippen molar-refractivity contribution >= 4 is 5.91 Å². The number of aliphatic hydroxyl groups is 1. The molecule has 0 aliphatic heterocycles. The minimum atomic E-state index is -4.75. The second-order valence-electron chi connectivity index (χ2n) is 4.34. The molecule has 0 saturated heterocycles. The lowest BCUT2D eigenvalue weighted by Crippen LogP contribution is -2.35. The Kier molecular flexibility index (Phi) is 5.32. The van der Waals surface area contributed by atoms with Crippen LogP contribution in [-0.4, -0.2) is 28.2 Å². The van der Waals surface area contributed by atoms with Gasteiger partial charge in [-0.15, -0.1) is 0 Å². The lowest BCUT2D eigenvalue weighted by atomic mass is 10.2. The number of nitrogens with one attached hydrogen (secondary N) is 1. The molecular formula is C12H15F3N2O3. The highest BCUT2D eigenvalue weighted by Crippen LogP contribution is 2.25. The van der Waals surface area contributed by atoms with Crippen LogP contribution in [0.2, 0.25) is 0 Å². The minimum Gasteiger partial charge on any atom is -0.393 e. The fraction of sp³-hybridized carbons (Fsp3) is 0.500. The number of carbonyl (C=O) groups is 1. The van der Waals surface area contributed by atoms with Gasteiger partial charge < -0.3 is 15.0 Å². The van der Waals surface area contributed by atoms with E-state index in [0.717, 1.165) is 12.3 Å². The number of rotatable bonds is 5. The minimum absolute atomic E-state index is 0.185. The van der Waals surface area contributed by atoms with Crippen LogP contribution < -0.4 is 10.9 Å². The van der Waals surface area contributed by atoms with Gasteiger partial charge in [-0.2, -0.15) is 13.2 Å². The molecule has 0 saturated carbocycles. The molecule has 1 aromatic heterocycles. The third-order valence-corrected chi connectivity index (χ3v) is 2.52. The lowest BCUT2D eigenvalue weighted by molar-refractivity contribution is -0.139. The molecule has 1 amide bonds. The summed E-state index contributed by atoms with van der Waals surface area (Å²) >= 11 is 0. The summed E-state index contributed by atoms with van der Waals surface area (Å²) in [6.07, 6.45) is -3.90. The van der Waals surface area contributed by atoms with Gasteiger partial charge in [0.25, 0.3) is 5.56 Å². The zero-order chi connectivity index (χ0) is 15.3. The molecule has 2 N–H and O–H groups in total. The van der Waals surface area contributed by atoms with Crippen molar-refractivity contribution in [3.63, 3.8) is 0 Å². The van der Waals surface area contributed by atoms with Crippen LogP contribution in [0.4, 0.5) is 13.2 Å². The first-order valence-electron chi connectivity index (χ1n) is 5.93.